The quantitative estimate of drug-likeness (QED) is 0.755. The first kappa shape index (κ1) is 13.4. The van der Waals surface area contributed by atoms with Crippen molar-refractivity contribution >= 4 is 21.7 Å². The van der Waals surface area contributed by atoms with Crippen LogP contribution in [0.2, 0.25) is 0 Å². The summed E-state index contributed by atoms with van der Waals surface area (Å²) >= 11 is 0. The largest absolute Gasteiger partial charge is 0.295 e. The summed E-state index contributed by atoms with van der Waals surface area (Å²) in [6.45, 7) is 0.182. The van der Waals surface area contributed by atoms with E-state index in [0.29, 0.717) is 0 Å². The molecular formula is C10H11N5O3S. The highest BCUT2D eigenvalue weighted by molar-refractivity contribution is 7.89. The predicted octanol–water partition coefficient (Wildman–Crippen LogP) is -1.01. The summed E-state index contributed by atoms with van der Waals surface area (Å²) in [4.78, 5) is 20.8. The SMILES string of the molecule is N#Cc1cncnc1N1CC(CS(N)(=O)=O)CC1=O. The monoisotopic (exact) mass is 281 g/mol. The molecule has 19 heavy (non-hydrogen) atoms. The molecule has 1 fully saturated rings. The number of nitrogens with zero attached hydrogens (tertiary/aromatic N) is 4. The fraction of sp³-hybridized carbons (Fsp3) is 0.400. The van der Waals surface area contributed by atoms with E-state index in [-0.39, 0.29) is 41.9 Å². The molecule has 1 unspecified atom stereocenters. The molecule has 0 spiro atoms. The number of rotatable bonds is 3. The first-order chi connectivity index (χ1) is 8.90. The van der Waals surface area contributed by atoms with Gasteiger partial charge in [0.15, 0.2) is 5.82 Å². The molecule has 0 bridgehead atoms. The summed E-state index contributed by atoms with van der Waals surface area (Å²) in [6.07, 6.45) is 2.62. The Bertz CT molecular complexity index is 651. The van der Waals surface area contributed by atoms with E-state index >= 15 is 0 Å². The summed E-state index contributed by atoms with van der Waals surface area (Å²) in [5.41, 5.74) is 0.173. The van der Waals surface area contributed by atoms with Crippen LogP contribution >= 0.6 is 0 Å². The fourth-order valence-corrected chi connectivity index (χ4v) is 2.92. The summed E-state index contributed by atoms with van der Waals surface area (Å²) in [7, 11) is -3.63. The molecule has 1 atom stereocenters. The van der Waals surface area contributed by atoms with Gasteiger partial charge in [-0.05, 0) is 0 Å². The molecule has 9 heteroatoms. The zero-order valence-electron chi connectivity index (χ0n) is 9.85. The highest BCUT2D eigenvalue weighted by Crippen LogP contribution is 2.25. The van der Waals surface area contributed by atoms with Crippen LogP contribution in [0.15, 0.2) is 12.5 Å². The average molecular weight is 281 g/mol. The Kier molecular flexibility index (Phi) is 3.46. The third-order valence-corrected chi connectivity index (χ3v) is 3.68. The summed E-state index contributed by atoms with van der Waals surface area (Å²) in [6, 6.07) is 1.89. The molecule has 1 aromatic rings. The highest BCUT2D eigenvalue weighted by atomic mass is 32.2. The maximum atomic E-state index is 11.9. The molecule has 2 heterocycles. The lowest BCUT2D eigenvalue weighted by molar-refractivity contribution is -0.117. The van der Waals surface area contributed by atoms with Crippen LogP contribution < -0.4 is 10.0 Å². The van der Waals surface area contributed by atoms with E-state index in [1.165, 1.54) is 17.4 Å². The Balaban J connectivity index is 2.24. The molecule has 1 aromatic heterocycles. The molecule has 2 N–H and O–H groups in total. The smallest absolute Gasteiger partial charge is 0.228 e. The second kappa shape index (κ2) is 4.91. The Morgan fingerprint density at radius 2 is 2.32 bits per heavy atom. The van der Waals surface area contributed by atoms with Crippen molar-refractivity contribution < 1.29 is 13.2 Å². The van der Waals surface area contributed by atoms with E-state index in [9.17, 15) is 13.2 Å². The van der Waals surface area contributed by atoms with Crippen LogP contribution in [0.3, 0.4) is 0 Å². The number of primary sulfonamides is 1. The van der Waals surface area contributed by atoms with Crippen molar-refractivity contribution in [3.05, 3.63) is 18.1 Å². The van der Waals surface area contributed by atoms with Gasteiger partial charge in [0.1, 0.15) is 18.0 Å². The Morgan fingerprint density at radius 3 is 2.95 bits per heavy atom. The number of nitrogens with two attached hydrogens (primary N) is 1. The summed E-state index contributed by atoms with van der Waals surface area (Å²) in [5.74, 6) is -0.713. The van der Waals surface area contributed by atoms with Gasteiger partial charge in [-0.1, -0.05) is 0 Å². The zero-order valence-corrected chi connectivity index (χ0v) is 10.7. The van der Waals surface area contributed by atoms with Crippen LogP contribution in [0.1, 0.15) is 12.0 Å². The van der Waals surface area contributed by atoms with Gasteiger partial charge in [-0.2, -0.15) is 5.26 Å². The van der Waals surface area contributed by atoms with Gasteiger partial charge < -0.3 is 0 Å². The lowest BCUT2D eigenvalue weighted by atomic mass is 10.1. The molecule has 0 aromatic carbocycles. The van der Waals surface area contributed by atoms with Crippen LogP contribution in [0.25, 0.3) is 0 Å². The maximum absolute atomic E-state index is 11.9. The topological polar surface area (TPSA) is 130 Å². The number of anilines is 1. The highest BCUT2D eigenvalue weighted by Gasteiger charge is 2.34. The molecule has 100 valence electrons. The van der Waals surface area contributed by atoms with Crippen LogP contribution in [0, 0.1) is 17.2 Å². The minimum absolute atomic E-state index is 0.0747. The molecule has 0 aliphatic carbocycles. The van der Waals surface area contributed by atoms with E-state index in [4.69, 9.17) is 10.4 Å². The van der Waals surface area contributed by atoms with Gasteiger partial charge in [-0.3, -0.25) is 9.69 Å². The zero-order chi connectivity index (χ0) is 14.0. The Hall–Kier alpha value is -2.05. The third kappa shape index (κ3) is 3.04. The molecule has 1 aliphatic heterocycles. The van der Waals surface area contributed by atoms with E-state index in [2.05, 4.69) is 9.97 Å². The maximum Gasteiger partial charge on any atom is 0.228 e. The molecule has 8 nitrogen and oxygen atoms in total. The van der Waals surface area contributed by atoms with Crippen LogP contribution in [-0.4, -0.2) is 36.6 Å². The number of sulfonamides is 1. The van der Waals surface area contributed by atoms with Gasteiger partial charge in [0.2, 0.25) is 15.9 Å². The molecule has 0 saturated carbocycles. The van der Waals surface area contributed by atoms with Crippen molar-refractivity contribution in [2.75, 3.05) is 17.2 Å². The normalized spacial score (nSPS) is 19.5. The van der Waals surface area contributed by atoms with Crippen LogP contribution in [0.4, 0.5) is 5.82 Å². The van der Waals surface area contributed by atoms with Crippen LogP contribution in [0.5, 0.6) is 0 Å². The number of aromatic nitrogens is 2. The van der Waals surface area contributed by atoms with Crippen molar-refractivity contribution in [2.24, 2.45) is 11.1 Å². The number of nitriles is 1. The van der Waals surface area contributed by atoms with Gasteiger partial charge in [0, 0.05) is 18.9 Å². The van der Waals surface area contributed by atoms with E-state index in [1.54, 1.807) is 0 Å². The van der Waals surface area contributed by atoms with Crippen molar-refractivity contribution in [1.29, 1.82) is 5.26 Å². The van der Waals surface area contributed by atoms with Crippen LogP contribution in [-0.2, 0) is 14.8 Å². The van der Waals surface area contributed by atoms with E-state index in [0.717, 1.165) is 0 Å². The van der Waals surface area contributed by atoms with Crippen molar-refractivity contribution in [2.45, 2.75) is 6.42 Å². The van der Waals surface area contributed by atoms with Gasteiger partial charge in [0.25, 0.3) is 0 Å². The summed E-state index contributed by atoms with van der Waals surface area (Å²) < 4.78 is 22.1. The first-order valence-corrected chi connectivity index (χ1v) is 7.13. The van der Waals surface area contributed by atoms with E-state index < -0.39 is 10.0 Å². The first-order valence-electron chi connectivity index (χ1n) is 5.41. The number of carbonyl (C=O) groups is 1. The molecule has 1 amide bonds. The number of amides is 1. The number of hydrogen-bond donors (Lipinski definition) is 1. The molecule has 1 saturated heterocycles. The third-order valence-electron chi connectivity index (χ3n) is 2.74. The minimum Gasteiger partial charge on any atom is -0.295 e. The second-order valence-corrected chi connectivity index (χ2v) is 5.93. The number of carbonyl (C=O) groups excluding carboxylic acids is 1. The number of hydrogen-bond acceptors (Lipinski definition) is 6. The Labute approximate surface area is 109 Å². The lowest BCUT2D eigenvalue weighted by Crippen LogP contribution is -2.28. The van der Waals surface area contributed by atoms with Gasteiger partial charge in [-0.25, -0.2) is 23.5 Å². The Morgan fingerprint density at radius 1 is 1.58 bits per heavy atom. The minimum atomic E-state index is -3.63. The molecular weight excluding hydrogens is 270 g/mol. The molecule has 2 rings (SSSR count). The van der Waals surface area contributed by atoms with Crippen molar-refractivity contribution in [1.82, 2.24) is 9.97 Å². The van der Waals surface area contributed by atoms with Gasteiger partial charge in [0.05, 0.1) is 11.9 Å². The predicted molar refractivity (Wildman–Crippen MR) is 65.2 cm³/mol. The molecule has 0 radical (unpaired) electrons. The lowest BCUT2D eigenvalue weighted by Gasteiger charge is -2.15. The summed E-state index contributed by atoms with van der Waals surface area (Å²) in [5, 5.41) is 13.9. The second-order valence-electron chi connectivity index (χ2n) is 4.28. The van der Waals surface area contributed by atoms with E-state index in [1.807, 2.05) is 6.07 Å². The van der Waals surface area contributed by atoms with Gasteiger partial charge >= 0.3 is 0 Å². The average Bonchev–Trinajstić information content (AvgIpc) is 2.67. The standard InChI is InChI=1S/C10H11N5O3S/c11-2-8-3-13-6-14-10(8)15-4-7(1-9(15)16)5-19(12,17)18/h3,6-7H,1,4-5H2,(H2,12,17,18). The van der Waals surface area contributed by atoms with Gasteiger partial charge in [-0.15, -0.1) is 0 Å². The van der Waals surface area contributed by atoms with Crippen molar-refractivity contribution in [3.8, 4) is 6.07 Å². The van der Waals surface area contributed by atoms with Crippen molar-refractivity contribution in [3.63, 3.8) is 0 Å². The fourth-order valence-electron chi connectivity index (χ4n) is 2.04. The molecule has 1 aliphatic rings.